The molecule has 42 heavy (non-hydrogen) atoms. The molecule has 0 saturated carbocycles. The summed E-state index contributed by atoms with van der Waals surface area (Å²) >= 11 is 12.7. The van der Waals surface area contributed by atoms with Gasteiger partial charge in [0.25, 0.3) is 5.56 Å². The van der Waals surface area contributed by atoms with Crippen molar-refractivity contribution in [1.29, 1.82) is 0 Å². The van der Waals surface area contributed by atoms with Crippen molar-refractivity contribution in [2.24, 2.45) is 0 Å². The lowest BCUT2D eigenvalue weighted by atomic mass is 10.2. The molecule has 1 fully saturated rings. The van der Waals surface area contributed by atoms with E-state index in [1.165, 1.54) is 6.20 Å². The van der Waals surface area contributed by atoms with Crippen molar-refractivity contribution in [3.63, 3.8) is 0 Å². The van der Waals surface area contributed by atoms with E-state index in [2.05, 4.69) is 30.7 Å². The highest BCUT2D eigenvalue weighted by atomic mass is 35.5. The van der Waals surface area contributed by atoms with Gasteiger partial charge in [0.05, 0.1) is 45.8 Å². The third kappa shape index (κ3) is 6.47. The number of rotatable bonds is 6. The lowest BCUT2D eigenvalue weighted by Gasteiger charge is -2.37. The number of nitrogens with zero attached hydrogens (tertiary/aromatic N) is 4. The summed E-state index contributed by atoms with van der Waals surface area (Å²) in [4.78, 5) is 33.7. The van der Waals surface area contributed by atoms with Gasteiger partial charge in [-0.05, 0) is 45.0 Å². The number of aromatic amines is 1. The number of carbonyl (C=O) groups excluding carboxylic acids is 1. The Morgan fingerprint density at radius 1 is 1.00 bits per heavy atom. The maximum Gasteiger partial charge on any atom is 0.410 e. The fourth-order valence-electron chi connectivity index (χ4n) is 4.61. The molecule has 11 nitrogen and oxygen atoms in total. The molecule has 1 aliphatic rings. The molecule has 0 aliphatic carbocycles. The molecular formula is C29H31Cl2N7O4. The summed E-state index contributed by atoms with van der Waals surface area (Å²) in [6.07, 6.45) is 1.16. The Bertz CT molecular complexity index is 1660. The maximum atomic E-state index is 12.8. The van der Waals surface area contributed by atoms with E-state index in [0.717, 1.165) is 5.69 Å². The summed E-state index contributed by atoms with van der Waals surface area (Å²) in [5.41, 5.74) is 1.98. The molecule has 4 aromatic rings. The number of ether oxygens (including phenoxy) is 2. The number of piperazine rings is 1. The van der Waals surface area contributed by atoms with Gasteiger partial charge in [0.15, 0.2) is 0 Å². The van der Waals surface area contributed by atoms with Crippen LogP contribution >= 0.6 is 23.2 Å². The van der Waals surface area contributed by atoms with Gasteiger partial charge in [0.2, 0.25) is 0 Å². The molecule has 0 bridgehead atoms. The van der Waals surface area contributed by atoms with Gasteiger partial charge in [-0.15, -0.1) is 0 Å². The molecule has 13 heteroatoms. The van der Waals surface area contributed by atoms with Gasteiger partial charge in [-0.25, -0.2) is 14.9 Å². The molecule has 3 heterocycles. The van der Waals surface area contributed by atoms with E-state index in [1.54, 1.807) is 36.3 Å². The summed E-state index contributed by atoms with van der Waals surface area (Å²) in [6.45, 7) is 7.95. The van der Waals surface area contributed by atoms with Gasteiger partial charge in [-0.3, -0.25) is 4.79 Å². The van der Waals surface area contributed by atoms with Crippen LogP contribution in [0.4, 0.5) is 33.4 Å². The second kappa shape index (κ2) is 11.9. The largest absolute Gasteiger partial charge is 0.494 e. The van der Waals surface area contributed by atoms with Crippen molar-refractivity contribution in [3.8, 4) is 5.75 Å². The fourth-order valence-corrected chi connectivity index (χ4v) is 5.10. The average Bonchev–Trinajstić information content (AvgIpc) is 2.94. The first-order valence-electron chi connectivity index (χ1n) is 13.3. The number of nitrogens with one attached hydrogen (secondary N) is 3. The van der Waals surface area contributed by atoms with Crippen molar-refractivity contribution < 1.29 is 14.3 Å². The van der Waals surface area contributed by atoms with Crippen LogP contribution in [0.1, 0.15) is 20.8 Å². The minimum atomic E-state index is -0.537. The van der Waals surface area contributed by atoms with Crippen LogP contribution in [0.3, 0.4) is 0 Å². The number of carbonyl (C=O) groups is 1. The Hall–Kier alpha value is -4.22. The summed E-state index contributed by atoms with van der Waals surface area (Å²) in [5, 5.41) is 14.0. The number of halogens is 2. The van der Waals surface area contributed by atoms with Crippen molar-refractivity contribution in [1.82, 2.24) is 20.1 Å². The zero-order chi connectivity index (χ0) is 30.0. The third-order valence-electron chi connectivity index (χ3n) is 6.59. The molecular weight excluding hydrogens is 581 g/mol. The van der Waals surface area contributed by atoms with Crippen LogP contribution < -0.4 is 25.8 Å². The number of aromatic nitrogens is 3. The van der Waals surface area contributed by atoms with Crippen LogP contribution in [-0.4, -0.2) is 65.1 Å². The molecule has 0 atom stereocenters. The number of hydrogen-bond donors (Lipinski definition) is 3. The first kappa shape index (κ1) is 29.3. The molecule has 1 saturated heterocycles. The van der Waals surface area contributed by atoms with E-state index < -0.39 is 11.2 Å². The van der Waals surface area contributed by atoms with Crippen LogP contribution in [0, 0.1) is 0 Å². The normalized spacial score (nSPS) is 13.7. The van der Waals surface area contributed by atoms with Crippen LogP contribution in [0.25, 0.3) is 10.9 Å². The first-order valence-corrected chi connectivity index (χ1v) is 14.1. The quantitative estimate of drug-likeness (QED) is 0.234. The van der Waals surface area contributed by atoms with Gasteiger partial charge < -0.3 is 29.9 Å². The lowest BCUT2D eigenvalue weighted by Crippen LogP contribution is -2.50. The third-order valence-corrected chi connectivity index (χ3v) is 7.22. The number of para-hydroxylation sites is 1. The van der Waals surface area contributed by atoms with E-state index >= 15 is 0 Å². The smallest absolute Gasteiger partial charge is 0.410 e. The van der Waals surface area contributed by atoms with Gasteiger partial charge in [-0.2, -0.15) is 5.10 Å². The summed E-state index contributed by atoms with van der Waals surface area (Å²) in [7, 11) is 1.58. The molecule has 0 unspecified atom stereocenters. The number of amides is 1. The van der Waals surface area contributed by atoms with Crippen LogP contribution in [-0.2, 0) is 4.74 Å². The highest BCUT2D eigenvalue weighted by Gasteiger charge is 2.26. The fraction of sp³-hybridized carbons (Fsp3) is 0.310. The van der Waals surface area contributed by atoms with E-state index in [9.17, 15) is 9.59 Å². The number of hydrogen-bond acceptors (Lipinski definition) is 9. The number of anilines is 5. The SMILES string of the molecule is COc1cc(N2CCN(C(=O)OC(C)(C)C)CC2)ccc1Nc1cc(Nc2c(Cl)cccc2Cl)nc2cn[nH]c(=O)c12. The summed E-state index contributed by atoms with van der Waals surface area (Å²) in [6, 6.07) is 12.6. The molecule has 2 aromatic carbocycles. The van der Waals surface area contributed by atoms with Crippen molar-refractivity contribution in [3.05, 3.63) is 69.1 Å². The molecule has 1 aliphatic heterocycles. The zero-order valence-corrected chi connectivity index (χ0v) is 25.1. The Morgan fingerprint density at radius 2 is 1.71 bits per heavy atom. The number of benzene rings is 2. The first-order chi connectivity index (χ1) is 20.0. The van der Waals surface area contributed by atoms with Crippen LogP contribution in [0.5, 0.6) is 5.75 Å². The van der Waals surface area contributed by atoms with Crippen LogP contribution in [0.15, 0.2) is 53.5 Å². The Balaban J connectivity index is 1.40. The molecule has 5 rings (SSSR count). The van der Waals surface area contributed by atoms with Gasteiger partial charge in [0, 0.05) is 44.0 Å². The Labute approximate surface area is 252 Å². The lowest BCUT2D eigenvalue weighted by molar-refractivity contribution is 0.0240. The second-order valence-corrected chi connectivity index (χ2v) is 11.5. The highest BCUT2D eigenvalue weighted by Crippen LogP contribution is 2.37. The second-order valence-electron chi connectivity index (χ2n) is 10.7. The van der Waals surface area contributed by atoms with Crippen LogP contribution in [0.2, 0.25) is 10.0 Å². The van der Waals surface area contributed by atoms with Crippen molar-refractivity contribution in [2.75, 3.05) is 48.8 Å². The predicted molar refractivity (Wildman–Crippen MR) is 166 cm³/mol. The number of fused-ring (bicyclic) bond motifs is 1. The molecule has 0 radical (unpaired) electrons. The minimum absolute atomic E-state index is 0.306. The van der Waals surface area contributed by atoms with E-state index in [1.807, 2.05) is 39.0 Å². The molecule has 220 valence electrons. The highest BCUT2D eigenvalue weighted by molar-refractivity contribution is 6.39. The topological polar surface area (TPSA) is 125 Å². The standard InChI is InChI=1S/C29H31Cl2N7O4/c1-29(2,3)42-28(40)38-12-10-37(11-13-38)17-8-9-20(23(14-17)41-4)33-21-15-24(34-22-16-32-36-27(39)25(21)22)35-26-18(30)6-5-7-19(26)31/h5-9,14-16H,10-13H2,1-4H3,(H,36,39)(H2,33,34,35). The maximum absolute atomic E-state index is 12.8. The number of methoxy groups -OCH3 is 1. The monoisotopic (exact) mass is 611 g/mol. The Kier molecular flexibility index (Phi) is 8.33. The van der Waals surface area contributed by atoms with Crippen molar-refractivity contribution in [2.45, 2.75) is 26.4 Å². The Morgan fingerprint density at radius 3 is 2.38 bits per heavy atom. The van der Waals surface area contributed by atoms with Gasteiger partial charge in [0.1, 0.15) is 22.7 Å². The van der Waals surface area contributed by atoms with E-state index in [0.29, 0.717) is 75.8 Å². The molecule has 0 spiro atoms. The molecule has 3 N–H and O–H groups in total. The summed E-state index contributed by atoms with van der Waals surface area (Å²) in [5.74, 6) is 0.979. The zero-order valence-electron chi connectivity index (χ0n) is 23.6. The van der Waals surface area contributed by atoms with Gasteiger partial charge in [-0.1, -0.05) is 29.3 Å². The molecule has 1 amide bonds. The van der Waals surface area contributed by atoms with E-state index in [-0.39, 0.29) is 6.09 Å². The molecule has 2 aromatic heterocycles. The summed E-state index contributed by atoms with van der Waals surface area (Å²) < 4.78 is 11.2. The van der Waals surface area contributed by atoms with Gasteiger partial charge >= 0.3 is 6.09 Å². The van der Waals surface area contributed by atoms with E-state index in [4.69, 9.17) is 32.7 Å². The van der Waals surface area contributed by atoms with Crippen molar-refractivity contribution >= 4 is 68.8 Å². The number of pyridine rings is 1. The predicted octanol–water partition coefficient (Wildman–Crippen LogP) is 6.18. The number of H-pyrrole nitrogens is 1. The average molecular weight is 613 g/mol. The minimum Gasteiger partial charge on any atom is -0.494 e.